The number of rotatable bonds is 5. The Morgan fingerprint density at radius 1 is 1.21 bits per heavy atom. The molecule has 0 spiro atoms. The van der Waals surface area contributed by atoms with E-state index in [2.05, 4.69) is 25.2 Å². The van der Waals surface area contributed by atoms with Gasteiger partial charge in [0.1, 0.15) is 5.82 Å². The topological polar surface area (TPSA) is 12.0 Å². The van der Waals surface area contributed by atoms with Crippen molar-refractivity contribution >= 4 is 0 Å². The van der Waals surface area contributed by atoms with Gasteiger partial charge in [0.25, 0.3) is 0 Å². The van der Waals surface area contributed by atoms with Gasteiger partial charge in [0.2, 0.25) is 0 Å². The average molecular weight is 263 g/mol. The van der Waals surface area contributed by atoms with Crippen molar-refractivity contribution in [1.29, 1.82) is 0 Å². The molecule has 2 heteroatoms. The van der Waals surface area contributed by atoms with E-state index >= 15 is 0 Å². The zero-order chi connectivity index (χ0) is 13.7. The second kappa shape index (κ2) is 6.51. The molecule has 1 N–H and O–H groups in total. The van der Waals surface area contributed by atoms with Crippen molar-refractivity contribution in [3.8, 4) is 0 Å². The molecule has 1 aliphatic carbocycles. The molecule has 0 amide bonds. The van der Waals surface area contributed by atoms with Gasteiger partial charge in [-0.3, -0.25) is 0 Å². The molecule has 0 radical (unpaired) electrons. The third-order valence-corrected chi connectivity index (χ3v) is 4.26. The number of halogens is 1. The number of nitrogens with one attached hydrogen (secondary N) is 1. The van der Waals surface area contributed by atoms with Gasteiger partial charge in [0.15, 0.2) is 0 Å². The highest BCUT2D eigenvalue weighted by Gasteiger charge is 2.33. The molecular formula is C17H26FN. The van der Waals surface area contributed by atoms with Gasteiger partial charge in [-0.2, -0.15) is 0 Å². The van der Waals surface area contributed by atoms with E-state index in [9.17, 15) is 4.39 Å². The van der Waals surface area contributed by atoms with Crippen LogP contribution in [0.5, 0.6) is 0 Å². The summed E-state index contributed by atoms with van der Waals surface area (Å²) in [4.78, 5) is 0. The standard InChI is InChI=1S/C17H26FN/c1-14(2)12-19-13-17(9-4-3-5-10-17)15-7-6-8-16(18)11-15/h6-8,11,14,19H,3-5,9-10,12-13H2,1-2H3. The number of hydrogen-bond acceptors (Lipinski definition) is 1. The molecule has 0 heterocycles. The van der Waals surface area contributed by atoms with Gasteiger partial charge in [-0.1, -0.05) is 45.2 Å². The summed E-state index contributed by atoms with van der Waals surface area (Å²) in [5.41, 5.74) is 1.33. The van der Waals surface area contributed by atoms with Crippen LogP contribution in [0.15, 0.2) is 24.3 Å². The van der Waals surface area contributed by atoms with Crippen LogP contribution in [-0.4, -0.2) is 13.1 Å². The Labute approximate surface area is 116 Å². The smallest absolute Gasteiger partial charge is 0.123 e. The molecule has 1 aromatic rings. The molecule has 0 saturated heterocycles. The predicted molar refractivity (Wildman–Crippen MR) is 78.9 cm³/mol. The number of benzene rings is 1. The van der Waals surface area contributed by atoms with Gasteiger partial charge in [-0.05, 0) is 43.0 Å². The van der Waals surface area contributed by atoms with Crippen LogP contribution in [0, 0.1) is 11.7 Å². The van der Waals surface area contributed by atoms with Crippen molar-refractivity contribution < 1.29 is 4.39 Å². The van der Waals surface area contributed by atoms with Gasteiger partial charge >= 0.3 is 0 Å². The molecule has 1 aliphatic rings. The molecule has 0 bridgehead atoms. The summed E-state index contributed by atoms with van der Waals surface area (Å²) in [6.45, 7) is 6.47. The van der Waals surface area contributed by atoms with Crippen molar-refractivity contribution in [2.24, 2.45) is 5.92 Å². The minimum atomic E-state index is -0.105. The molecule has 106 valence electrons. The molecule has 1 saturated carbocycles. The van der Waals surface area contributed by atoms with Crippen LogP contribution in [0.25, 0.3) is 0 Å². The summed E-state index contributed by atoms with van der Waals surface area (Å²) >= 11 is 0. The van der Waals surface area contributed by atoms with E-state index in [1.165, 1.54) is 37.7 Å². The fraction of sp³-hybridized carbons (Fsp3) is 0.647. The first-order chi connectivity index (χ1) is 9.12. The predicted octanol–water partition coefficient (Wildman–Crippen LogP) is 4.27. The molecule has 1 aromatic carbocycles. The lowest BCUT2D eigenvalue weighted by Crippen LogP contribution is -2.41. The van der Waals surface area contributed by atoms with Crippen LogP contribution < -0.4 is 5.32 Å². The summed E-state index contributed by atoms with van der Waals surface area (Å²) in [7, 11) is 0. The summed E-state index contributed by atoms with van der Waals surface area (Å²) in [5, 5.41) is 3.59. The first-order valence-corrected chi connectivity index (χ1v) is 7.59. The molecule has 19 heavy (non-hydrogen) atoms. The molecule has 1 nitrogen and oxygen atoms in total. The molecule has 0 unspecified atom stereocenters. The van der Waals surface area contributed by atoms with E-state index in [0.717, 1.165) is 13.1 Å². The summed E-state index contributed by atoms with van der Waals surface area (Å²) in [5.74, 6) is 0.555. The summed E-state index contributed by atoms with van der Waals surface area (Å²) in [6, 6.07) is 7.23. The van der Waals surface area contributed by atoms with E-state index in [4.69, 9.17) is 0 Å². The maximum Gasteiger partial charge on any atom is 0.123 e. The van der Waals surface area contributed by atoms with Gasteiger partial charge in [-0.25, -0.2) is 4.39 Å². The van der Waals surface area contributed by atoms with E-state index in [-0.39, 0.29) is 11.2 Å². The third kappa shape index (κ3) is 3.79. The van der Waals surface area contributed by atoms with Gasteiger partial charge in [-0.15, -0.1) is 0 Å². The molecule has 2 rings (SSSR count). The number of hydrogen-bond donors (Lipinski definition) is 1. The van der Waals surface area contributed by atoms with Crippen molar-refractivity contribution in [3.63, 3.8) is 0 Å². The molecular weight excluding hydrogens is 237 g/mol. The molecule has 0 aromatic heterocycles. The first-order valence-electron chi connectivity index (χ1n) is 7.59. The third-order valence-electron chi connectivity index (χ3n) is 4.26. The Bertz CT molecular complexity index is 394. The van der Waals surface area contributed by atoms with Gasteiger partial charge < -0.3 is 5.32 Å². The minimum absolute atomic E-state index is 0.105. The quantitative estimate of drug-likeness (QED) is 0.836. The Morgan fingerprint density at radius 3 is 2.58 bits per heavy atom. The zero-order valence-corrected chi connectivity index (χ0v) is 12.2. The second-order valence-corrected chi connectivity index (χ2v) is 6.38. The highest BCUT2D eigenvalue weighted by atomic mass is 19.1. The second-order valence-electron chi connectivity index (χ2n) is 6.38. The lowest BCUT2D eigenvalue weighted by atomic mass is 9.69. The van der Waals surface area contributed by atoms with Crippen LogP contribution in [0.2, 0.25) is 0 Å². The Kier molecular flexibility index (Phi) is 4.98. The first kappa shape index (κ1) is 14.5. The van der Waals surface area contributed by atoms with Crippen LogP contribution in [0.1, 0.15) is 51.5 Å². The normalized spacial score (nSPS) is 18.7. The molecule has 1 fully saturated rings. The average Bonchev–Trinajstić information content (AvgIpc) is 2.39. The fourth-order valence-corrected chi connectivity index (χ4v) is 3.21. The van der Waals surface area contributed by atoms with Crippen LogP contribution in [0.3, 0.4) is 0 Å². The van der Waals surface area contributed by atoms with E-state index in [1.807, 2.05) is 6.07 Å². The highest BCUT2D eigenvalue weighted by molar-refractivity contribution is 5.27. The summed E-state index contributed by atoms with van der Waals surface area (Å²) in [6.07, 6.45) is 6.21. The van der Waals surface area contributed by atoms with Crippen molar-refractivity contribution in [2.75, 3.05) is 13.1 Å². The lowest BCUT2D eigenvalue weighted by molar-refractivity contribution is 0.276. The Morgan fingerprint density at radius 2 is 1.95 bits per heavy atom. The Balaban J connectivity index is 2.14. The molecule has 0 aliphatic heterocycles. The Hall–Kier alpha value is -0.890. The van der Waals surface area contributed by atoms with Gasteiger partial charge in [0.05, 0.1) is 0 Å². The van der Waals surface area contributed by atoms with E-state index in [1.54, 1.807) is 12.1 Å². The lowest BCUT2D eigenvalue weighted by Gasteiger charge is -2.38. The van der Waals surface area contributed by atoms with Crippen molar-refractivity contribution in [3.05, 3.63) is 35.6 Å². The maximum absolute atomic E-state index is 13.5. The fourth-order valence-electron chi connectivity index (χ4n) is 3.21. The minimum Gasteiger partial charge on any atom is -0.316 e. The van der Waals surface area contributed by atoms with Crippen molar-refractivity contribution in [1.82, 2.24) is 5.32 Å². The SMILES string of the molecule is CC(C)CNCC1(c2cccc(F)c2)CCCCC1. The zero-order valence-electron chi connectivity index (χ0n) is 12.2. The monoisotopic (exact) mass is 263 g/mol. The van der Waals surface area contributed by atoms with Crippen molar-refractivity contribution in [2.45, 2.75) is 51.4 Å². The largest absolute Gasteiger partial charge is 0.316 e. The van der Waals surface area contributed by atoms with E-state index < -0.39 is 0 Å². The maximum atomic E-state index is 13.5. The van der Waals surface area contributed by atoms with Crippen LogP contribution in [0.4, 0.5) is 4.39 Å². The van der Waals surface area contributed by atoms with Gasteiger partial charge in [0, 0.05) is 12.0 Å². The summed E-state index contributed by atoms with van der Waals surface area (Å²) < 4.78 is 13.5. The van der Waals surface area contributed by atoms with Crippen LogP contribution in [-0.2, 0) is 5.41 Å². The van der Waals surface area contributed by atoms with Crippen LogP contribution >= 0.6 is 0 Å². The highest BCUT2D eigenvalue weighted by Crippen LogP contribution is 2.39. The molecule has 0 atom stereocenters. The van der Waals surface area contributed by atoms with E-state index in [0.29, 0.717) is 5.92 Å².